The van der Waals surface area contributed by atoms with Crippen molar-refractivity contribution in [1.82, 2.24) is 19.7 Å². The maximum absolute atomic E-state index is 13.2. The first-order valence-electron chi connectivity index (χ1n) is 10.2. The molecule has 1 aromatic heterocycles. The van der Waals surface area contributed by atoms with Crippen LogP contribution in [0.1, 0.15) is 22.7 Å². The molecule has 0 saturated heterocycles. The van der Waals surface area contributed by atoms with Gasteiger partial charge in [0.15, 0.2) is 5.16 Å². The Balaban J connectivity index is 1.53. The Labute approximate surface area is 197 Å². The molecule has 1 amide bonds. The highest BCUT2D eigenvalue weighted by Gasteiger charge is 2.24. The number of hydrogen-bond donors (Lipinski definition) is 0. The van der Waals surface area contributed by atoms with E-state index in [-0.39, 0.29) is 17.7 Å². The van der Waals surface area contributed by atoms with Crippen LogP contribution >= 0.6 is 23.4 Å². The second-order valence-corrected chi connectivity index (χ2v) is 8.78. The number of benzene rings is 3. The van der Waals surface area contributed by atoms with Crippen molar-refractivity contribution in [2.75, 3.05) is 12.8 Å². The summed E-state index contributed by atoms with van der Waals surface area (Å²) < 4.78 is 1.84. The van der Waals surface area contributed by atoms with Crippen LogP contribution in [-0.4, -0.2) is 38.4 Å². The molecule has 0 spiro atoms. The Morgan fingerprint density at radius 2 is 1.66 bits per heavy atom. The molecular formula is C25H23ClN4OS. The molecule has 32 heavy (non-hydrogen) atoms. The van der Waals surface area contributed by atoms with Crippen molar-refractivity contribution in [2.24, 2.45) is 0 Å². The molecule has 0 N–H and O–H groups in total. The predicted molar refractivity (Wildman–Crippen MR) is 129 cm³/mol. The van der Waals surface area contributed by atoms with Crippen molar-refractivity contribution in [3.8, 4) is 5.69 Å². The van der Waals surface area contributed by atoms with E-state index in [4.69, 9.17) is 11.6 Å². The molecule has 0 aliphatic rings. The van der Waals surface area contributed by atoms with Gasteiger partial charge in [-0.25, -0.2) is 0 Å². The average molecular weight is 463 g/mol. The molecule has 1 heterocycles. The minimum Gasteiger partial charge on any atom is -0.334 e. The van der Waals surface area contributed by atoms with Crippen LogP contribution < -0.4 is 0 Å². The van der Waals surface area contributed by atoms with Gasteiger partial charge in [-0.15, -0.1) is 10.2 Å². The van der Waals surface area contributed by atoms with E-state index in [1.54, 1.807) is 11.2 Å². The van der Waals surface area contributed by atoms with E-state index in [1.165, 1.54) is 11.8 Å². The lowest BCUT2D eigenvalue weighted by molar-refractivity contribution is -0.128. The summed E-state index contributed by atoms with van der Waals surface area (Å²) in [6.45, 7) is 1.96. The van der Waals surface area contributed by atoms with E-state index in [0.717, 1.165) is 22.4 Å². The summed E-state index contributed by atoms with van der Waals surface area (Å²) >= 11 is 7.64. The highest BCUT2D eigenvalue weighted by atomic mass is 35.5. The van der Waals surface area contributed by atoms with E-state index in [1.807, 2.05) is 97.4 Å². The Bertz CT molecular complexity index is 1160. The van der Waals surface area contributed by atoms with Crippen LogP contribution in [-0.2, 0) is 4.79 Å². The van der Waals surface area contributed by atoms with Crippen molar-refractivity contribution >= 4 is 29.3 Å². The van der Waals surface area contributed by atoms with E-state index < -0.39 is 0 Å². The quantitative estimate of drug-likeness (QED) is 0.337. The highest BCUT2D eigenvalue weighted by Crippen LogP contribution is 2.29. The minimum absolute atomic E-state index is 0.00388. The fourth-order valence-electron chi connectivity index (χ4n) is 3.51. The van der Waals surface area contributed by atoms with Gasteiger partial charge >= 0.3 is 0 Å². The van der Waals surface area contributed by atoms with Crippen LogP contribution in [0.4, 0.5) is 0 Å². The molecule has 3 aromatic carbocycles. The third-order valence-corrected chi connectivity index (χ3v) is 6.62. The number of rotatable bonds is 7. The molecule has 4 aromatic rings. The Kier molecular flexibility index (Phi) is 6.93. The van der Waals surface area contributed by atoms with Crippen molar-refractivity contribution in [2.45, 2.75) is 18.1 Å². The molecule has 0 radical (unpaired) electrons. The SMILES string of the molecule is Cc1ccc(-n2cnnc2SCC(=O)N(C)C(c2ccccc2)c2ccccc2)cc1Cl. The molecule has 0 unspecified atom stereocenters. The first-order valence-corrected chi connectivity index (χ1v) is 11.6. The summed E-state index contributed by atoms with van der Waals surface area (Å²) in [5.41, 5.74) is 4.00. The van der Waals surface area contributed by atoms with Gasteiger partial charge in [0.25, 0.3) is 0 Å². The minimum atomic E-state index is -0.167. The van der Waals surface area contributed by atoms with Crippen LogP contribution in [0.3, 0.4) is 0 Å². The number of aromatic nitrogens is 3. The van der Waals surface area contributed by atoms with Crippen molar-refractivity contribution in [3.63, 3.8) is 0 Å². The topological polar surface area (TPSA) is 51.0 Å². The fraction of sp³-hybridized carbons (Fsp3) is 0.160. The van der Waals surface area contributed by atoms with Crippen molar-refractivity contribution < 1.29 is 4.79 Å². The number of halogens is 1. The fourth-order valence-corrected chi connectivity index (χ4v) is 4.54. The monoisotopic (exact) mass is 462 g/mol. The first kappa shape index (κ1) is 22.1. The lowest BCUT2D eigenvalue weighted by atomic mass is 9.97. The molecule has 0 saturated carbocycles. The summed E-state index contributed by atoms with van der Waals surface area (Å²) in [4.78, 5) is 15.0. The van der Waals surface area contributed by atoms with E-state index in [9.17, 15) is 4.79 Å². The van der Waals surface area contributed by atoms with E-state index in [0.29, 0.717) is 10.2 Å². The maximum atomic E-state index is 13.2. The molecule has 0 bridgehead atoms. The van der Waals surface area contributed by atoms with Crippen LogP contribution in [0.5, 0.6) is 0 Å². The summed E-state index contributed by atoms with van der Waals surface area (Å²) in [5.74, 6) is 0.245. The van der Waals surface area contributed by atoms with Gasteiger partial charge in [0, 0.05) is 12.1 Å². The third kappa shape index (κ3) is 4.87. The second kappa shape index (κ2) is 10.0. The Morgan fingerprint density at radius 1 is 1.03 bits per heavy atom. The van der Waals surface area contributed by atoms with Gasteiger partial charge in [-0.2, -0.15) is 0 Å². The zero-order valence-electron chi connectivity index (χ0n) is 17.9. The molecule has 0 aliphatic carbocycles. The third-order valence-electron chi connectivity index (χ3n) is 5.29. The number of nitrogens with zero attached hydrogens (tertiary/aromatic N) is 4. The lowest BCUT2D eigenvalue weighted by Crippen LogP contribution is -2.33. The number of carbonyl (C=O) groups is 1. The molecule has 4 rings (SSSR count). The summed E-state index contributed by atoms with van der Waals surface area (Å²) in [6, 6.07) is 25.7. The van der Waals surface area contributed by atoms with Gasteiger partial charge in [-0.05, 0) is 35.7 Å². The molecular weight excluding hydrogens is 440 g/mol. The van der Waals surface area contributed by atoms with Gasteiger partial charge in [0.1, 0.15) is 6.33 Å². The number of aryl methyl sites for hydroxylation is 1. The van der Waals surface area contributed by atoms with Crippen LogP contribution in [0.2, 0.25) is 5.02 Å². The maximum Gasteiger partial charge on any atom is 0.233 e. The largest absolute Gasteiger partial charge is 0.334 e. The summed E-state index contributed by atoms with van der Waals surface area (Å²) in [7, 11) is 1.85. The van der Waals surface area contributed by atoms with E-state index in [2.05, 4.69) is 10.2 Å². The number of hydrogen-bond acceptors (Lipinski definition) is 4. The average Bonchev–Trinajstić information content (AvgIpc) is 3.29. The molecule has 162 valence electrons. The molecule has 0 atom stereocenters. The molecule has 7 heteroatoms. The number of thioether (sulfide) groups is 1. The van der Waals surface area contributed by atoms with Gasteiger partial charge in [-0.3, -0.25) is 9.36 Å². The van der Waals surface area contributed by atoms with Crippen LogP contribution in [0, 0.1) is 6.92 Å². The van der Waals surface area contributed by atoms with Crippen molar-refractivity contribution in [3.05, 3.63) is 107 Å². The van der Waals surface area contributed by atoms with Gasteiger partial charge < -0.3 is 4.90 Å². The smallest absolute Gasteiger partial charge is 0.233 e. The van der Waals surface area contributed by atoms with Gasteiger partial charge in [0.2, 0.25) is 5.91 Å². The van der Waals surface area contributed by atoms with Crippen LogP contribution in [0.15, 0.2) is 90.3 Å². The normalized spacial score (nSPS) is 11.0. The summed E-state index contributed by atoms with van der Waals surface area (Å²) in [5, 5.41) is 9.55. The second-order valence-electron chi connectivity index (χ2n) is 7.43. The Morgan fingerprint density at radius 3 is 2.25 bits per heavy atom. The van der Waals surface area contributed by atoms with Gasteiger partial charge in [0.05, 0.1) is 17.5 Å². The zero-order chi connectivity index (χ0) is 22.5. The first-order chi connectivity index (χ1) is 15.5. The van der Waals surface area contributed by atoms with Crippen LogP contribution in [0.25, 0.3) is 5.69 Å². The van der Waals surface area contributed by atoms with Gasteiger partial charge in [-0.1, -0.05) is 90.1 Å². The summed E-state index contributed by atoms with van der Waals surface area (Å²) in [6.07, 6.45) is 1.63. The highest BCUT2D eigenvalue weighted by molar-refractivity contribution is 7.99. The molecule has 0 fully saturated rings. The number of carbonyl (C=O) groups excluding carboxylic acids is 1. The predicted octanol–water partition coefficient (Wildman–Crippen LogP) is 5.57. The Hall–Kier alpha value is -3.09. The standard InChI is InChI=1S/C25H23ClN4OS/c1-18-13-14-21(15-22(18)26)30-17-27-28-25(30)32-16-23(31)29(2)24(19-9-5-3-6-10-19)20-11-7-4-8-12-20/h3-15,17,24H,16H2,1-2H3. The van der Waals surface area contributed by atoms with Crippen molar-refractivity contribution in [1.29, 1.82) is 0 Å². The number of amides is 1. The lowest BCUT2D eigenvalue weighted by Gasteiger charge is -2.29. The zero-order valence-corrected chi connectivity index (χ0v) is 19.4. The molecule has 5 nitrogen and oxygen atoms in total. The molecule has 0 aliphatic heterocycles. The van der Waals surface area contributed by atoms with E-state index >= 15 is 0 Å².